The van der Waals surface area contributed by atoms with Crippen LogP contribution in [-0.4, -0.2) is 64.8 Å². The van der Waals surface area contributed by atoms with Gasteiger partial charge in [0.2, 0.25) is 5.95 Å². The lowest BCUT2D eigenvalue weighted by Gasteiger charge is -2.34. The number of amides is 1. The summed E-state index contributed by atoms with van der Waals surface area (Å²) in [6, 6.07) is 9.54. The van der Waals surface area contributed by atoms with E-state index in [0.29, 0.717) is 37.9 Å². The lowest BCUT2D eigenvalue weighted by molar-refractivity contribution is -0.139. The van der Waals surface area contributed by atoms with Crippen molar-refractivity contribution in [3.05, 3.63) is 48.3 Å². The molecule has 1 fully saturated rings. The van der Waals surface area contributed by atoms with Crippen molar-refractivity contribution in [2.24, 2.45) is 0 Å². The van der Waals surface area contributed by atoms with Gasteiger partial charge in [0, 0.05) is 26.2 Å². The molecule has 2 heterocycles. The van der Waals surface area contributed by atoms with Crippen molar-refractivity contribution in [1.29, 1.82) is 0 Å². The Morgan fingerprint density at radius 2 is 1.70 bits per heavy atom. The van der Waals surface area contributed by atoms with Crippen LogP contribution in [0, 0.1) is 0 Å². The molecule has 9 nitrogen and oxygen atoms in total. The van der Waals surface area contributed by atoms with Crippen LogP contribution < -0.4 is 9.64 Å². The first-order valence-corrected chi connectivity index (χ1v) is 8.49. The molecule has 0 unspecified atom stereocenters. The van der Waals surface area contributed by atoms with Gasteiger partial charge in [0.1, 0.15) is 6.61 Å². The third kappa shape index (κ3) is 5.30. The smallest absolute Gasteiger partial charge is 0.410 e. The highest BCUT2D eigenvalue weighted by Gasteiger charge is 2.23. The third-order valence-corrected chi connectivity index (χ3v) is 4.00. The lowest BCUT2D eigenvalue weighted by Crippen LogP contribution is -2.49. The fourth-order valence-electron chi connectivity index (χ4n) is 2.59. The minimum absolute atomic E-state index is 0.251. The molecule has 1 aromatic heterocycles. The number of piperazine rings is 1. The van der Waals surface area contributed by atoms with Crippen molar-refractivity contribution < 1.29 is 24.2 Å². The molecule has 0 saturated carbocycles. The number of carbonyl (C=O) groups is 2. The Bertz CT molecular complexity index is 761. The second-order valence-corrected chi connectivity index (χ2v) is 5.92. The first-order chi connectivity index (χ1) is 13.1. The zero-order chi connectivity index (χ0) is 19.1. The summed E-state index contributed by atoms with van der Waals surface area (Å²) in [5.74, 6) is -0.256. The molecule has 0 radical (unpaired) electrons. The van der Waals surface area contributed by atoms with E-state index in [1.165, 1.54) is 12.4 Å². The summed E-state index contributed by atoms with van der Waals surface area (Å²) in [4.78, 5) is 34.6. The second kappa shape index (κ2) is 8.84. The van der Waals surface area contributed by atoms with Gasteiger partial charge in [-0.25, -0.2) is 19.6 Å². The standard InChI is InChI=1S/C18H20N4O5/c23-16(24)13-26-15-10-19-17(20-11-15)21-6-8-22(9-7-21)18(25)27-12-14-4-2-1-3-5-14/h1-5,10-11H,6-9,12-13H2,(H,23,24). The number of carboxylic acid groups (broad SMARTS) is 1. The monoisotopic (exact) mass is 372 g/mol. The van der Waals surface area contributed by atoms with Crippen LogP contribution in [0.15, 0.2) is 42.7 Å². The molecular weight excluding hydrogens is 352 g/mol. The number of hydrogen-bond donors (Lipinski definition) is 1. The number of aromatic nitrogens is 2. The molecule has 9 heteroatoms. The summed E-state index contributed by atoms with van der Waals surface area (Å²) in [5, 5.41) is 8.59. The van der Waals surface area contributed by atoms with Gasteiger partial charge in [-0.15, -0.1) is 0 Å². The largest absolute Gasteiger partial charge is 0.479 e. The fourth-order valence-corrected chi connectivity index (χ4v) is 2.59. The molecule has 0 atom stereocenters. The van der Waals surface area contributed by atoms with E-state index in [9.17, 15) is 9.59 Å². The van der Waals surface area contributed by atoms with Crippen molar-refractivity contribution in [3.63, 3.8) is 0 Å². The van der Waals surface area contributed by atoms with Gasteiger partial charge in [-0.3, -0.25) is 0 Å². The van der Waals surface area contributed by atoms with Gasteiger partial charge >= 0.3 is 12.1 Å². The molecule has 142 valence electrons. The molecule has 1 saturated heterocycles. The highest BCUT2D eigenvalue weighted by molar-refractivity contribution is 5.68. The van der Waals surface area contributed by atoms with Crippen molar-refractivity contribution in [2.45, 2.75) is 6.61 Å². The maximum atomic E-state index is 12.2. The SMILES string of the molecule is O=C(O)COc1cnc(N2CCN(C(=O)OCc3ccccc3)CC2)nc1. The predicted octanol–water partition coefficient (Wildman–Crippen LogP) is 1.40. The average Bonchev–Trinajstić information content (AvgIpc) is 2.72. The Morgan fingerprint density at radius 3 is 2.33 bits per heavy atom. The molecule has 1 amide bonds. The van der Waals surface area contributed by atoms with E-state index in [0.717, 1.165) is 5.56 Å². The molecule has 1 N–H and O–H groups in total. The Labute approximate surface area is 156 Å². The van der Waals surface area contributed by atoms with Gasteiger partial charge in [-0.05, 0) is 5.56 Å². The fraction of sp³-hybridized carbons (Fsp3) is 0.333. The number of anilines is 1. The normalized spacial score (nSPS) is 13.9. The molecule has 1 aromatic carbocycles. The average molecular weight is 372 g/mol. The van der Waals surface area contributed by atoms with Crippen LogP contribution in [0.2, 0.25) is 0 Å². The van der Waals surface area contributed by atoms with E-state index in [4.69, 9.17) is 14.6 Å². The number of nitrogens with zero attached hydrogens (tertiary/aromatic N) is 4. The Balaban J connectivity index is 1.45. The van der Waals surface area contributed by atoms with Crippen LogP contribution in [0.5, 0.6) is 5.75 Å². The van der Waals surface area contributed by atoms with Crippen LogP contribution in [0.4, 0.5) is 10.7 Å². The van der Waals surface area contributed by atoms with Crippen molar-refractivity contribution in [1.82, 2.24) is 14.9 Å². The molecule has 1 aliphatic rings. The van der Waals surface area contributed by atoms with Gasteiger partial charge in [0.25, 0.3) is 0 Å². The molecule has 0 spiro atoms. The van der Waals surface area contributed by atoms with Crippen LogP contribution in [0.1, 0.15) is 5.56 Å². The third-order valence-electron chi connectivity index (χ3n) is 4.00. The molecule has 27 heavy (non-hydrogen) atoms. The summed E-state index contributed by atoms with van der Waals surface area (Å²) >= 11 is 0. The van der Waals surface area contributed by atoms with Crippen molar-refractivity contribution >= 4 is 18.0 Å². The van der Waals surface area contributed by atoms with E-state index >= 15 is 0 Å². The molecule has 2 aromatic rings. The summed E-state index contributed by atoms with van der Waals surface area (Å²) in [5.41, 5.74) is 0.947. The summed E-state index contributed by atoms with van der Waals surface area (Å²) < 4.78 is 10.4. The quantitative estimate of drug-likeness (QED) is 0.811. The van der Waals surface area contributed by atoms with Crippen LogP contribution >= 0.6 is 0 Å². The summed E-state index contributed by atoms with van der Waals surface area (Å²) in [6.45, 7) is 1.99. The number of carboxylic acids is 1. The van der Waals surface area contributed by atoms with E-state index in [1.54, 1.807) is 4.90 Å². The topological polar surface area (TPSA) is 105 Å². The predicted molar refractivity (Wildman–Crippen MR) is 95.6 cm³/mol. The molecule has 3 rings (SSSR count). The second-order valence-electron chi connectivity index (χ2n) is 5.92. The van der Waals surface area contributed by atoms with Crippen molar-refractivity contribution in [3.8, 4) is 5.75 Å². The Hall–Kier alpha value is -3.36. The van der Waals surface area contributed by atoms with E-state index in [-0.39, 0.29) is 12.7 Å². The first-order valence-electron chi connectivity index (χ1n) is 8.49. The number of hydrogen-bond acceptors (Lipinski definition) is 7. The molecular formula is C18H20N4O5. The summed E-state index contributed by atoms with van der Waals surface area (Å²) in [6.07, 6.45) is 2.54. The summed E-state index contributed by atoms with van der Waals surface area (Å²) in [7, 11) is 0. The number of ether oxygens (including phenoxy) is 2. The number of aliphatic carboxylic acids is 1. The molecule has 1 aliphatic heterocycles. The van der Waals surface area contributed by atoms with Crippen molar-refractivity contribution in [2.75, 3.05) is 37.7 Å². The molecule has 0 bridgehead atoms. The number of rotatable bonds is 6. The van der Waals surface area contributed by atoms with Crippen LogP contribution in [0.3, 0.4) is 0 Å². The van der Waals surface area contributed by atoms with Gasteiger partial charge in [-0.2, -0.15) is 0 Å². The maximum Gasteiger partial charge on any atom is 0.410 e. The zero-order valence-corrected chi connectivity index (χ0v) is 14.7. The molecule has 0 aliphatic carbocycles. The Kier molecular flexibility index (Phi) is 6.03. The highest BCUT2D eigenvalue weighted by atomic mass is 16.6. The Morgan fingerprint density at radius 1 is 1.04 bits per heavy atom. The zero-order valence-electron chi connectivity index (χ0n) is 14.7. The van der Waals surface area contributed by atoms with Gasteiger partial charge in [0.15, 0.2) is 12.4 Å². The maximum absolute atomic E-state index is 12.2. The first kappa shape index (κ1) is 18.4. The van der Waals surface area contributed by atoms with E-state index < -0.39 is 12.6 Å². The highest BCUT2D eigenvalue weighted by Crippen LogP contribution is 2.15. The van der Waals surface area contributed by atoms with Crippen LogP contribution in [0.25, 0.3) is 0 Å². The van der Waals surface area contributed by atoms with Crippen LogP contribution in [-0.2, 0) is 16.1 Å². The van der Waals surface area contributed by atoms with E-state index in [1.807, 2.05) is 35.2 Å². The van der Waals surface area contributed by atoms with Gasteiger partial charge in [0.05, 0.1) is 12.4 Å². The minimum Gasteiger partial charge on any atom is -0.479 e. The van der Waals surface area contributed by atoms with E-state index in [2.05, 4.69) is 9.97 Å². The number of benzene rings is 1. The number of carbonyl (C=O) groups excluding carboxylic acids is 1. The lowest BCUT2D eigenvalue weighted by atomic mass is 10.2. The van der Waals surface area contributed by atoms with Gasteiger partial charge in [-0.1, -0.05) is 30.3 Å². The minimum atomic E-state index is -1.06. The van der Waals surface area contributed by atoms with Gasteiger partial charge < -0.3 is 24.4 Å².